The van der Waals surface area contributed by atoms with Crippen molar-refractivity contribution < 1.29 is 14.0 Å². The molecule has 6 nitrogen and oxygen atoms in total. The number of amides is 2. The highest BCUT2D eigenvalue weighted by Crippen LogP contribution is 2.31. The van der Waals surface area contributed by atoms with Crippen LogP contribution in [0.4, 0.5) is 4.39 Å². The van der Waals surface area contributed by atoms with Gasteiger partial charge in [0.25, 0.3) is 5.91 Å². The molecule has 10 heteroatoms. The topological polar surface area (TPSA) is 81.2 Å². The zero-order valence-corrected chi connectivity index (χ0v) is 18.3. The largest absolute Gasteiger partial charge is 0.365 e. The molecule has 3 aromatic rings. The summed E-state index contributed by atoms with van der Waals surface area (Å²) in [7, 11) is 0. The number of rotatable bonds is 4. The van der Waals surface area contributed by atoms with Gasteiger partial charge in [0, 0.05) is 22.2 Å². The van der Waals surface area contributed by atoms with Crippen LogP contribution in [0, 0.1) is 5.82 Å². The molecule has 0 saturated carbocycles. The second kappa shape index (κ2) is 8.49. The maximum atomic E-state index is 13.6. The fourth-order valence-electron chi connectivity index (χ4n) is 3.63. The van der Waals surface area contributed by atoms with Crippen LogP contribution in [0.2, 0.25) is 15.1 Å². The van der Waals surface area contributed by atoms with Crippen molar-refractivity contribution in [3.05, 3.63) is 74.1 Å². The molecule has 0 spiro atoms. The van der Waals surface area contributed by atoms with Crippen LogP contribution in [0.1, 0.15) is 21.6 Å². The Kier molecular flexibility index (Phi) is 5.92. The predicted molar refractivity (Wildman–Crippen MR) is 117 cm³/mol. The number of halogens is 4. The maximum Gasteiger partial charge on any atom is 0.252 e. The fourth-order valence-corrected chi connectivity index (χ4v) is 4.39. The van der Waals surface area contributed by atoms with Crippen LogP contribution in [-0.4, -0.2) is 33.0 Å². The summed E-state index contributed by atoms with van der Waals surface area (Å²) in [4.78, 5) is 26.8. The lowest BCUT2D eigenvalue weighted by molar-refractivity contribution is -0.132. The Bertz CT molecular complexity index is 1190. The van der Waals surface area contributed by atoms with Crippen LogP contribution in [0.25, 0.3) is 11.3 Å². The van der Waals surface area contributed by atoms with Gasteiger partial charge in [-0.3, -0.25) is 14.3 Å². The van der Waals surface area contributed by atoms with Gasteiger partial charge in [0.1, 0.15) is 11.5 Å². The molecule has 2 heterocycles. The monoisotopic (exact) mass is 480 g/mol. The Balaban J connectivity index is 1.64. The van der Waals surface area contributed by atoms with Crippen molar-refractivity contribution in [2.45, 2.75) is 19.5 Å². The molecule has 31 heavy (non-hydrogen) atoms. The lowest BCUT2D eigenvalue weighted by Crippen LogP contribution is -2.40. The van der Waals surface area contributed by atoms with E-state index in [2.05, 4.69) is 5.10 Å². The quantitative estimate of drug-likeness (QED) is 0.602. The van der Waals surface area contributed by atoms with Gasteiger partial charge in [0.15, 0.2) is 0 Å². The minimum atomic E-state index is -0.687. The number of fused-ring (bicyclic) bond motifs is 1. The van der Waals surface area contributed by atoms with Crippen molar-refractivity contribution in [1.82, 2.24) is 14.7 Å². The Morgan fingerprint density at radius 2 is 1.77 bits per heavy atom. The van der Waals surface area contributed by atoms with Gasteiger partial charge < -0.3 is 10.6 Å². The van der Waals surface area contributed by atoms with Gasteiger partial charge in [-0.15, -0.1) is 0 Å². The van der Waals surface area contributed by atoms with Crippen LogP contribution in [0.3, 0.4) is 0 Å². The molecule has 2 N–H and O–H groups in total. The third-order valence-electron chi connectivity index (χ3n) is 5.05. The zero-order chi connectivity index (χ0) is 22.3. The van der Waals surface area contributed by atoms with E-state index in [9.17, 15) is 14.0 Å². The maximum absolute atomic E-state index is 13.6. The van der Waals surface area contributed by atoms with Gasteiger partial charge >= 0.3 is 0 Å². The lowest BCUT2D eigenvalue weighted by Gasteiger charge is -2.28. The molecule has 1 aliphatic rings. The van der Waals surface area contributed by atoms with E-state index in [1.54, 1.807) is 27.8 Å². The molecule has 2 aromatic carbocycles. The molecule has 0 bridgehead atoms. The van der Waals surface area contributed by atoms with E-state index in [-0.39, 0.29) is 29.5 Å². The zero-order valence-electron chi connectivity index (χ0n) is 16.0. The molecule has 0 unspecified atom stereocenters. The third kappa shape index (κ3) is 4.39. The van der Waals surface area contributed by atoms with Crippen LogP contribution in [0.5, 0.6) is 0 Å². The van der Waals surface area contributed by atoms with E-state index in [0.29, 0.717) is 45.6 Å². The summed E-state index contributed by atoms with van der Waals surface area (Å²) in [5.74, 6) is -1.41. The molecular weight excluding hydrogens is 466 g/mol. The van der Waals surface area contributed by atoms with Crippen LogP contribution in [-0.2, 0) is 24.3 Å². The molecule has 160 valence electrons. The lowest BCUT2D eigenvalue weighted by atomic mass is 10.0. The number of carbonyl (C=O) groups excluding carboxylic acids is 2. The van der Waals surface area contributed by atoms with Crippen LogP contribution < -0.4 is 5.73 Å². The average molecular weight is 482 g/mol. The van der Waals surface area contributed by atoms with Gasteiger partial charge in [0.05, 0.1) is 35.8 Å². The van der Waals surface area contributed by atoms with E-state index in [1.165, 1.54) is 18.2 Å². The Morgan fingerprint density at radius 3 is 2.42 bits per heavy atom. The van der Waals surface area contributed by atoms with Gasteiger partial charge in [-0.25, -0.2) is 4.39 Å². The minimum absolute atomic E-state index is 0.0871. The standard InChI is InChI=1S/C21H16Cl3FN4O2/c22-13-5-11(6-14(23)9-13)7-18(30)28-3-4-29-17(10-28)19(21(26)31)20(27-29)12-1-2-16(25)15(24)8-12/h1-2,5-6,8-9H,3-4,7,10H2,(H2,26,31). The molecule has 1 aliphatic heterocycles. The molecule has 0 atom stereocenters. The van der Waals surface area contributed by atoms with E-state index >= 15 is 0 Å². The first kappa shape index (κ1) is 21.6. The first-order valence-corrected chi connectivity index (χ1v) is 10.4. The highest BCUT2D eigenvalue weighted by atomic mass is 35.5. The number of nitrogens with zero attached hydrogens (tertiary/aromatic N) is 3. The summed E-state index contributed by atoms with van der Waals surface area (Å²) in [5, 5.41) is 5.29. The minimum Gasteiger partial charge on any atom is -0.365 e. The number of aromatic nitrogens is 2. The smallest absolute Gasteiger partial charge is 0.252 e. The summed E-state index contributed by atoms with van der Waals surface area (Å²) in [6, 6.07) is 9.04. The van der Waals surface area contributed by atoms with Crippen molar-refractivity contribution in [1.29, 1.82) is 0 Å². The molecule has 4 rings (SSSR count). The van der Waals surface area contributed by atoms with E-state index in [4.69, 9.17) is 40.5 Å². The second-order valence-electron chi connectivity index (χ2n) is 7.16. The van der Waals surface area contributed by atoms with Gasteiger partial charge in [0.2, 0.25) is 5.91 Å². The van der Waals surface area contributed by atoms with Gasteiger partial charge in [-0.2, -0.15) is 5.10 Å². The van der Waals surface area contributed by atoms with Gasteiger partial charge in [-0.05, 0) is 42.0 Å². The molecule has 2 amide bonds. The summed E-state index contributed by atoms with van der Waals surface area (Å²) in [6.45, 7) is 0.948. The summed E-state index contributed by atoms with van der Waals surface area (Å²) in [6.07, 6.45) is 0.112. The van der Waals surface area contributed by atoms with E-state index in [1.807, 2.05) is 0 Å². The highest BCUT2D eigenvalue weighted by molar-refractivity contribution is 6.34. The number of carbonyl (C=O) groups is 2. The molecule has 0 fully saturated rings. The third-order valence-corrected chi connectivity index (χ3v) is 5.78. The van der Waals surface area contributed by atoms with Crippen molar-refractivity contribution in [2.24, 2.45) is 5.73 Å². The summed E-state index contributed by atoms with van der Waals surface area (Å²) in [5.41, 5.74) is 7.81. The molecule has 1 aromatic heterocycles. The molecular formula is C21H16Cl3FN4O2. The van der Waals surface area contributed by atoms with Crippen LogP contribution >= 0.6 is 34.8 Å². The van der Waals surface area contributed by atoms with Crippen molar-refractivity contribution >= 4 is 46.6 Å². The van der Waals surface area contributed by atoms with Crippen molar-refractivity contribution in [3.8, 4) is 11.3 Å². The van der Waals surface area contributed by atoms with Gasteiger partial charge in [-0.1, -0.05) is 34.8 Å². The molecule has 0 aliphatic carbocycles. The first-order valence-electron chi connectivity index (χ1n) is 9.30. The molecule has 0 saturated heterocycles. The predicted octanol–water partition coefficient (Wildman–Crippen LogP) is 4.33. The van der Waals surface area contributed by atoms with Crippen molar-refractivity contribution in [3.63, 3.8) is 0 Å². The number of hydrogen-bond acceptors (Lipinski definition) is 3. The highest BCUT2D eigenvalue weighted by Gasteiger charge is 2.29. The number of nitrogens with two attached hydrogens (primary N) is 1. The van der Waals surface area contributed by atoms with Crippen molar-refractivity contribution in [2.75, 3.05) is 6.54 Å². The summed E-state index contributed by atoms with van der Waals surface area (Å²) >= 11 is 17.9. The average Bonchev–Trinajstić information content (AvgIpc) is 3.08. The number of primary amides is 1. The SMILES string of the molecule is NC(=O)c1c(-c2ccc(F)c(Cl)c2)nn2c1CN(C(=O)Cc1cc(Cl)cc(Cl)c1)CC2. The second-order valence-corrected chi connectivity index (χ2v) is 8.44. The normalized spacial score (nSPS) is 13.2. The number of benzene rings is 2. The van der Waals surface area contributed by atoms with E-state index < -0.39 is 11.7 Å². The van der Waals surface area contributed by atoms with Crippen LogP contribution in [0.15, 0.2) is 36.4 Å². The van der Waals surface area contributed by atoms with E-state index in [0.717, 1.165) is 0 Å². The Morgan fingerprint density at radius 1 is 1.06 bits per heavy atom. The molecule has 0 radical (unpaired) electrons. The summed E-state index contributed by atoms with van der Waals surface area (Å²) < 4.78 is 15.2. The number of hydrogen-bond donors (Lipinski definition) is 1. The Hall–Kier alpha value is -2.61. The fraction of sp³-hybridized carbons (Fsp3) is 0.190. The Labute approximate surface area is 192 Å². The first-order chi connectivity index (χ1) is 14.7.